The van der Waals surface area contributed by atoms with Gasteiger partial charge in [0.05, 0.1) is 11.1 Å². The van der Waals surface area contributed by atoms with Gasteiger partial charge in [0.15, 0.2) is 0 Å². The van der Waals surface area contributed by atoms with Crippen molar-refractivity contribution >= 4 is 17.6 Å². The summed E-state index contributed by atoms with van der Waals surface area (Å²) in [4.78, 5) is 33.3. The van der Waals surface area contributed by atoms with Gasteiger partial charge >= 0.3 is 5.97 Å². The minimum Gasteiger partial charge on any atom is -0.480 e. The van der Waals surface area contributed by atoms with E-state index < -0.39 is 22.8 Å². The molecule has 1 atom stereocenters. The molecule has 0 aliphatic heterocycles. The lowest BCUT2D eigenvalue weighted by Gasteiger charge is -2.13. The number of hydrogen-bond donors (Lipinski definition) is 2. The van der Waals surface area contributed by atoms with E-state index >= 15 is 0 Å². The highest BCUT2D eigenvalue weighted by molar-refractivity contribution is 5.96. The van der Waals surface area contributed by atoms with Gasteiger partial charge in [-0.05, 0) is 12.8 Å². The molecule has 1 aromatic rings. The van der Waals surface area contributed by atoms with Crippen LogP contribution in [0.1, 0.15) is 35.8 Å². The first-order valence-electron chi connectivity index (χ1n) is 6.27. The van der Waals surface area contributed by atoms with Crippen molar-refractivity contribution in [2.45, 2.75) is 31.3 Å². The summed E-state index contributed by atoms with van der Waals surface area (Å²) in [5.74, 6) is 0.236. The topological polar surface area (TPSA) is 114 Å². The molecule has 21 heavy (non-hydrogen) atoms. The van der Waals surface area contributed by atoms with Crippen molar-refractivity contribution in [1.29, 1.82) is 0 Å². The summed E-state index contributed by atoms with van der Waals surface area (Å²) in [7, 11) is 0. The van der Waals surface area contributed by atoms with E-state index in [-0.39, 0.29) is 23.8 Å². The van der Waals surface area contributed by atoms with E-state index in [1.807, 2.05) is 0 Å². The SMILES string of the molecule is C#CCC(NC(=O)c1cc([N+](=O)[O-])cn1C1CC1)C(=O)O. The van der Waals surface area contributed by atoms with Crippen LogP contribution in [-0.2, 0) is 4.79 Å². The molecule has 110 valence electrons. The second kappa shape index (κ2) is 5.66. The van der Waals surface area contributed by atoms with E-state index in [1.54, 1.807) is 0 Å². The van der Waals surface area contributed by atoms with Gasteiger partial charge in [-0.15, -0.1) is 12.3 Å². The molecule has 1 aliphatic carbocycles. The van der Waals surface area contributed by atoms with E-state index in [0.29, 0.717) is 0 Å². The van der Waals surface area contributed by atoms with E-state index in [4.69, 9.17) is 11.5 Å². The highest BCUT2D eigenvalue weighted by Crippen LogP contribution is 2.37. The molecule has 0 spiro atoms. The number of hydrogen-bond acceptors (Lipinski definition) is 4. The summed E-state index contributed by atoms with van der Waals surface area (Å²) in [5.41, 5.74) is -0.122. The molecule has 1 aromatic heterocycles. The molecule has 0 bridgehead atoms. The first-order valence-corrected chi connectivity index (χ1v) is 6.27. The summed E-state index contributed by atoms with van der Waals surface area (Å²) in [6.07, 6.45) is 7.85. The number of carbonyl (C=O) groups is 2. The van der Waals surface area contributed by atoms with Crippen LogP contribution in [0.3, 0.4) is 0 Å². The van der Waals surface area contributed by atoms with Gasteiger partial charge in [0.1, 0.15) is 11.7 Å². The Bertz CT molecular complexity index is 639. The summed E-state index contributed by atoms with van der Waals surface area (Å²) in [6, 6.07) is -0.0258. The Kier molecular flexibility index (Phi) is 3.93. The normalized spacial score (nSPS) is 15.0. The Morgan fingerprint density at radius 3 is 2.76 bits per heavy atom. The Labute approximate surface area is 119 Å². The predicted octanol–water partition coefficient (Wildman–Crippen LogP) is 0.937. The van der Waals surface area contributed by atoms with E-state index in [2.05, 4.69) is 11.2 Å². The van der Waals surface area contributed by atoms with Crippen LogP contribution >= 0.6 is 0 Å². The van der Waals surface area contributed by atoms with Crippen molar-refractivity contribution in [3.63, 3.8) is 0 Å². The zero-order chi connectivity index (χ0) is 15.6. The van der Waals surface area contributed by atoms with Crippen LogP contribution in [0.25, 0.3) is 0 Å². The highest BCUT2D eigenvalue weighted by Gasteiger charge is 2.31. The number of nitrogens with one attached hydrogen (secondary N) is 1. The smallest absolute Gasteiger partial charge is 0.327 e. The monoisotopic (exact) mass is 291 g/mol. The Morgan fingerprint density at radius 2 is 2.29 bits per heavy atom. The summed E-state index contributed by atoms with van der Waals surface area (Å²) in [6.45, 7) is 0. The third-order valence-electron chi connectivity index (χ3n) is 3.14. The number of carbonyl (C=O) groups excluding carboxylic acids is 1. The number of carboxylic acids is 1. The lowest BCUT2D eigenvalue weighted by molar-refractivity contribution is -0.384. The van der Waals surface area contributed by atoms with Crippen LogP contribution in [0.2, 0.25) is 0 Å². The van der Waals surface area contributed by atoms with Crippen LogP contribution in [0.5, 0.6) is 0 Å². The maximum atomic E-state index is 12.1. The Morgan fingerprint density at radius 1 is 1.62 bits per heavy atom. The van der Waals surface area contributed by atoms with Gasteiger partial charge in [0.25, 0.3) is 11.6 Å². The number of nitrogens with zero attached hydrogens (tertiary/aromatic N) is 2. The summed E-state index contributed by atoms with van der Waals surface area (Å²) < 4.78 is 1.52. The number of rotatable bonds is 6. The zero-order valence-corrected chi connectivity index (χ0v) is 11.0. The fourth-order valence-corrected chi connectivity index (χ4v) is 1.95. The number of aromatic nitrogens is 1. The zero-order valence-electron chi connectivity index (χ0n) is 11.0. The minimum absolute atomic E-state index is 0.0513. The number of terminal acetylenes is 1. The van der Waals surface area contributed by atoms with Gasteiger partial charge in [-0.1, -0.05) is 0 Å². The molecule has 1 aliphatic rings. The van der Waals surface area contributed by atoms with E-state index in [9.17, 15) is 19.7 Å². The minimum atomic E-state index is -1.25. The fourth-order valence-electron chi connectivity index (χ4n) is 1.95. The highest BCUT2D eigenvalue weighted by atomic mass is 16.6. The molecule has 8 heteroatoms. The lowest BCUT2D eigenvalue weighted by atomic mass is 10.2. The molecule has 2 rings (SSSR count). The fraction of sp³-hybridized carbons (Fsp3) is 0.385. The van der Waals surface area contributed by atoms with Crippen molar-refractivity contribution in [3.8, 4) is 12.3 Å². The van der Waals surface area contributed by atoms with Gasteiger partial charge in [0, 0.05) is 18.5 Å². The molecule has 0 radical (unpaired) electrons. The first-order chi connectivity index (χ1) is 9.93. The lowest BCUT2D eigenvalue weighted by Crippen LogP contribution is -2.41. The standard InChI is InChI=1S/C13H13N3O5/c1-2-3-10(13(18)19)14-12(17)11-6-9(16(20)21)7-15(11)8-4-5-8/h1,6-8,10H,3-5H2,(H,14,17)(H,18,19). The molecule has 8 nitrogen and oxygen atoms in total. The van der Waals surface area contributed by atoms with Crippen molar-refractivity contribution in [2.24, 2.45) is 0 Å². The maximum Gasteiger partial charge on any atom is 0.327 e. The third-order valence-corrected chi connectivity index (χ3v) is 3.14. The van der Waals surface area contributed by atoms with Crippen molar-refractivity contribution in [1.82, 2.24) is 9.88 Å². The third kappa shape index (κ3) is 3.20. The molecule has 1 unspecified atom stereocenters. The second-order valence-electron chi connectivity index (χ2n) is 4.75. The maximum absolute atomic E-state index is 12.1. The van der Waals surface area contributed by atoms with Crippen LogP contribution in [-0.4, -0.2) is 32.5 Å². The Hall–Kier alpha value is -2.82. The Balaban J connectivity index is 2.24. The van der Waals surface area contributed by atoms with E-state index in [0.717, 1.165) is 18.9 Å². The number of carboxylic acid groups (broad SMARTS) is 1. The molecule has 1 fully saturated rings. The van der Waals surface area contributed by atoms with Gasteiger partial charge in [-0.3, -0.25) is 14.9 Å². The molecule has 0 aromatic carbocycles. The van der Waals surface area contributed by atoms with Gasteiger partial charge in [-0.2, -0.15) is 0 Å². The van der Waals surface area contributed by atoms with Gasteiger partial charge < -0.3 is 15.0 Å². The number of nitro groups is 1. The van der Waals surface area contributed by atoms with Gasteiger partial charge in [-0.25, -0.2) is 4.79 Å². The molecule has 1 amide bonds. The largest absolute Gasteiger partial charge is 0.480 e. The van der Waals surface area contributed by atoms with Crippen LogP contribution in [0.15, 0.2) is 12.3 Å². The molecular weight excluding hydrogens is 278 g/mol. The number of amides is 1. The van der Waals surface area contributed by atoms with Crippen LogP contribution in [0, 0.1) is 22.5 Å². The average Bonchev–Trinajstić information content (AvgIpc) is 3.16. The summed E-state index contributed by atoms with van der Waals surface area (Å²) in [5, 5.41) is 22.0. The number of aliphatic carboxylic acids is 1. The van der Waals surface area contributed by atoms with Crippen molar-refractivity contribution in [3.05, 3.63) is 28.1 Å². The van der Waals surface area contributed by atoms with Gasteiger partial charge in [0.2, 0.25) is 0 Å². The average molecular weight is 291 g/mol. The second-order valence-corrected chi connectivity index (χ2v) is 4.75. The van der Waals surface area contributed by atoms with Crippen LogP contribution in [0.4, 0.5) is 5.69 Å². The van der Waals surface area contributed by atoms with Crippen molar-refractivity contribution < 1.29 is 19.6 Å². The van der Waals surface area contributed by atoms with Crippen LogP contribution < -0.4 is 5.32 Å². The first kappa shape index (κ1) is 14.6. The molecule has 1 saturated carbocycles. The summed E-state index contributed by atoms with van der Waals surface area (Å²) >= 11 is 0. The molecular formula is C13H13N3O5. The van der Waals surface area contributed by atoms with Crippen molar-refractivity contribution in [2.75, 3.05) is 0 Å². The molecule has 0 saturated heterocycles. The predicted molar refractivity (Wildman–Crippen MR) is 71.7 cm³/mol. The molecule has 2 N–H and O–H groups in total. The molecule has 1 heterocycles. The quantitative estimate of drug-likeness (QED) is 0.460. The van der Waals surface area contributed by atoms with E-state index in [1.165, 1.54) is 10.8 Å².